The Morgan fingerprint density at radius 1 is 1.19 bits per heavy atom. The molecular weight excluding hydrogens is 207 g/mol. The van der Waals surface area contributed by atoms with Gasteiger partial charge in [-0.25, -0.2) is 9.18 Å². The number of carboxylic acids is 1. The Balaban J connectivity index is 2.41. The van der Waals surface area contributed by atoms with Crippen molar-refractivity contribution in [1.29, 1.82) is 0 Å². The summed E-state index contributed by atoms with van der Waals surface area (Å²) in [6.07, 6.45) is -1.93. The Bertz CT molecular complexity index is 517. The van der Waals surface area contributed by atoms with Crippen molar-refractivity contribution in [3.63, 3.8) is 0 Å². The zero-order chi connectivity index (χ0) is 11.5. The number of alkyl halides is 1. The summed E-state index contributed by atoms with van der Waals surface area (Å²) in [6, 6.07) is 13.1. The highest BCUT2D eigenvalue weighted by atomic mass is 19.1. The monoisotopic (exact) mass is 218 g/mol. The van der Waals surface area contributed by atoms with Crippen LogP contribution < -0.4 is 0 Å². The summed E-state index contributed by atoms with van der Waals surface area (Å²) in [5.41, 5.74) is 0.730. The van der Waals surface area contributed by atoms with E-state index in [0.717, 1.165) is 16.3 Å². The lowest BCUT2D eigenvalue weighted by Crippen LogP contribution is -2.17. The number of rotatable bonds is 3. The van der Waals surface area contributed by atoms with Crippen molar-refractivity contribution in [2.45, 2.75) is 12.6 Å². The fraction of sp³-hybridized carbons (Fsp3) is 0.154. The second-order valence-electron chi connectivity index (χ2n) is 3.65. The molecule has 0 aliphatic carbocycles. The van der Waals surface area contributed by atoms with Crippen LogP contribution in [0.25, 0.3) is 10.8 Å². The second-order valence-corrected chi connectivity index (χ2v) is 3.65. The summed E-state index contributed by atoms with van der Waals surface area (Å²) < 4.78 is 13.1. The molecule has 2 aromatic rings. The first kappa shape index (κ1) is 10.6. The molecule has 0 radical (unpaired) electrons. The average Bonchev–Trinajstić information content (AvgIpc) is 2.29. The van der Waals surface area contributed by atoms with Crippen LogP contribution in [0.3, 0.4) is 0 Å². The predicted octanol–water partition coefficient (Wildman–Crippen LogP) is 2.81. The molecule has 0 aliphatic heterocycles. The number of benzene rings is 2. The van der Waals surface area contributed by atoms with E-state index in [1.807, 2.05) is 36.4 Å². The molecule has 0 aromatic heterocycles. The summed E-state index contributed by atoms with van der Waals surface area (Å²) in [5.74, 6) is -1.41. The maximum absolute atomic E-state index is 13.1. The van der Waals surface area contributed by atoms with Gasteiger partial charge >= 0.3 is 5.97 Å². The molecule has 0 aliphatic rings. The van der Waals surface area contributed by atoms with Gasteiger partial charge in [-0.15, -0.1) is 0 Å². The lowest BCUT2D eigenvalue weighted by molar-refractivity contribution is -0.142. The molecule has 2 aromatic carbocycles. The third kappa shape index (κ3) is 2.03. The first-order valence-corrected chi connectivity index (χ1v) is 5.02. The summed E-state index contributed by atoms with van der Waals surface area (Å²) in [5, 5.41) is 10.4. The summed E-state index contributed by atoms with van der Waals surface area (Å²) in [4.78, 5) is 10.5. The Hall–Kier alpha value is -1.90. The van der Waals surface area contributed by atoms with E-state index in [9.17, 15) is 9.18 Å². The van der Waals surface area contributed by atoms with Gasteiger partial charge in [0.05, 0.1) is 0 Å². The quantitative estimate of drug-likeness (QED) is 0.860. The molecule has 0 spiro atoms. The fourth-order valence-electron chi connectivity index (χ4n) is 1.75. The summed E-state index contributed by atoms with van der Waals surface area (Å²) >= 11 is 0. The van der Waals surface area contributed by atoms with Crippen molar-refractivity contribution < 1.29 is 14.3 Å². The van der Waals surface area contributed by atoms with Crippen LogP contribution in [0, 0.1) is 0 Å². The summed E-state index contributed by atoms with van der Waals surface area (Å²) in [7, 11) is 0. The number of carbonyl (C=O) groups is 1. The van der Waals surface area contributed by atoms with Crippen LogP contribution in [0.5, 0.6) is 0 Å². The Morgan fingerprint density at radius 2 is 1.88 bits per heavy atom. The Morgan fingerprint density at radius 3 is 2.62 bits per heavy atom. The number of hydrogen-bond donors (Lipinski definition) is 1. The van der Waals surface area contributed by atoms with Crippen molar-refractivity contribution in [1.82, 2.24) is 0 Å². The minimum atomic E-state index is -1.84. The van der Waals surface area contributed by atoms with Gasteiger partial charge in [0.15, 0.2) is 0 Å². The van der Waals surface area contributed by atoms with Crippen LogP contribution in [0.4, 0.5) is 4.39 Å². The minimum Gasteiger partial charge on any atom is -0.479 e. The van der Waals surface area contributed by atoms with Gasteiger partial charge in [0.25, 0.3) is 0 Å². The van der Waals surface area contributed by atoms with Crippen molar-refractivity contribution in [2.75, 3.05) is 0 Å². The molecule has 82 valence electrons. The molecule has 0 saturated carbocycles. The molecule has 16 heavy (non-hydrogen) atoms. The van der Waals surface area contributed by atoms with Crippen molar-refractivity contribution >= 4 is 16.7 Å². The Labute approximate surface area is 92.3 Å². The molecule has 0 saturated heterocycles. The van der Waals surface area contributed by atoms with Gasteiger partial charge in [-0.05, 0) is 16.3 Å². The Kier molecular flexibility index (Phi) is 2.86. The first-order chi connectivity index (χ1) is 7.68. The highest BCUT2D eigenvalue weighted by molar-refractivity contribution is 5.86. The molecule has 0 fully saturated rings. The van der Waals surface area contributed by atoms with Crippen molar-refractivity contribution in [3.05, 3.63) is 48.0 Å². The van der Waals surface area contributed by atoms with Crippen LogP contribution in [-0.4, -0.2) is 17.2 Å². The normalized spacial score (nSPS) is 12.6. The van der Waals surface area contributed by atoms with Crippen LogP contribution >= 0.6 is 0 Å². The van der Waals surface area contributed by atoms with E-state index in [-0.39, 0.29) is 6.42 Å². The molecule has 1 N–H and O–H groups in total. The van der Waals surface area contributed by atoms with E-state index < -0.39 is 12.1 Å². The van der Waals surface area contributed by atoms with Crippen LogP contribution in [0.1, 0.15) is 5.56 Å². The van der Waals surface area contributed by atoms with Gasteiger partial charge in [0.1, 0.15) is 0 Å². The number of hydrogen-bond acceptors (Lipinski definition) is 1. The predicted molar refractivity (Wildman–Crippen MR) is 60.2 cm³/mol. The number of carboxylic acid groups (broad SMARTS) is 1. The molecule has 2 rings (SSSR count). The van der Waals surface area contributed by atoms with Gasteiger partial charge < -0.3 is 5.11 Å². The molecule has 1 atom stereocenters. The fourth-order valence-corrected chi connectivity index (χ4v) is 1.75. The number of fused-ring (bicyclic) bond motifs is 1. The third-order valence-electron chi connectivity index (χ3n) is 2.55. The largest absolute Gasteiger partial charge is 0.479 e. The lowest BCUT2D eigenvalue weighted by Gasteiger charge is -2.07. The lowest BCUT2D eigenvalue weighted by atomic mass is 10.0. The molecular formula is C13H11FO2. The molecule has 2 nitrogen and oxygen atoms in total. The van der Waals surface area contributed by atoms with Crippen molar-refractivity contribution in [3.8, 4) is 0 Å². The minimum absolute atomic E-state index is 0.0866. The van der Waals surface area contributed by atoms with E-state index >= 15 is 0 Å². The van der Waals surface area contributed by atoms with E-state index in [1.165, 1.54) is 0 Å². The standard InChI is InChI=1S/C13H11FO2/c14-12(13(15)16)8-10-6-3-5-9-4-1-2-7-11(9)10/h1-7,12H,8H2,(H,15,16)/t12-/m1/s1. The highest BCUT2D eigenvalue weighted by Crippen LogP contribution is 2.20. The van der Waals surface area contributed by atoms with E-state index in [4.69, 9.17) is 5.11 Å². The molecule has 0 unspecified atom stereocenters. The molecule has 0 amide bonds. The average molecular weight is 218 g/mol. The molecule has 3 heteroatoms. The summed E-state index contributed by atoms with van der Waals surface area (Å²) in [6.45, 7) is 0. The van der Waals surface area contributed by atoms with Crippen LogP contribution in [-0.2, 0) is 11.2 Å². The van der Waals surface area contributed by atoms with Gasteiger partial charge in [-0.2, -0.15) is 0 Å². The van der Waals surface area contributed by atoms with Gasteiger partial charge in [0.2, 0.25) is 6.17 Å². The van der Waals surface area contributed by atoms with Crippen molar-refractivity contribution in [2.24, 2.45) is 0 Å². The van der Waals surface area contributed by atoms with Gasteiger partial charge in [0, 0.05) is 6.42 Å². The maximum Gasteiger partial charge on any atom is 0.338 e. The zero-order valence-electron chi connectivity index (χ0n) is 8.56. The van der Waals surface area contributed by atoms with E-state index in [0.29, 0.717) is 0 Å². The topological polar surface area (TPSA) is 37.3 Å². The first-order valence-electron chi connectivity index (χ1n) is 5.02. The van der Waals surface area contributed by atoms with Gasteiger partial charge in [-0.1, -0.05) is 42.5 Å². The smallest absolute Gasteiger partial charge is 0.338 e. The number of aliphatic carboxylic acids is 1. The number of halogens is 1. The van der Waals surface area contributed by atoms with Gasteiger partial charge in [-0.3, -0.25) is 0 Å². The maximum atomic E-state index is 13.1. The third-order valence-corrected chi connectivity index (χ3v) is 2.55. The zero-order valence-corrected chi connectivity index (χ0v) is 8.56. The second kappa shape index (κ2) is 4.31. The molecule has 0 bridgehead atoms. The van der Waals surface area contributed by atoms with E-state index in [2.05, 4.69) is 0 Å². The molecule has 0 heterocycles. The highest BCUT2D eigenvalue weighted by Gasteiger charge is 2.17. The van der Waals surface area contributed by atoms with Crippen LogP contribution in [0.2, 0.25) is 0 Å². The SMILES string of the molecule is O=C(O)[C@H](F)Cc1cccc2ccccc12. The van der Waals surface area contributed by atoms with E-state index in [1.54, 1.807) is 6.07 Å². The van der Waals surface area contributed by atoms with Crippen LogP contribution in [0.15, 0.2) is 42.5 Å².